The molecule has 0 aliphatic rings. The molecule has 28 heavy (non-hydrogen) atoms. The number of carbonyl (C=O) groups is 1. The molecule has 4 heteroatoms. The first-order valence-electron chi connectivity index (χ1n) is 10.0. The van der Waals surface area contributed by atoms with Gasteiger partial charge in [-0.05, 0) is 56.3 Å². The molecule has 1 heterocycles. The van der Waals surface area contributed by atoms with E-state index in [2.05, 4.69) is 56.1 Å². The van der Waals surface area contributed by atoms with Gasteiger partial charge in [-0.2, -0.15) is 0 Å². The van der Waals surface area contributed by atoms with Gasteiger partial charge in [0.2, 0.25) is 0 Å². The van der Waals surface area contributed by atoms with E-state index >= 15 is 0 Å². The lowest BCUT2D eigenvalue weighted by molar-refractivity contribution is 0.0950. The fraction of sp³-hybridized carbons (Fsp3) is 0.333. The highest BCUT2D eigenvalue weighted by atomic mass is 16.1. The van der Waals surface area contributed by atoms with Crippen molar-refractivity contribution in [2.45, 2.75) is 27.7 Å². The summed E-state index contributed by atoms with van der Waals surface area (Å²) in [6, 6.07) is 16.1. The molecule has 1 N–H and O–H groups in total. The van der Waals surface area contributed by atoms with Gasteiger partial charge in [0.1, 0.15) is 0 Å². The molecule has 1 amide bonds. The van der Waals surface area contributed by atoms with E-state index in [0.717, 1.165) is 41.8 Å². The SMILES string of the molecule is CCN(CC)CCNC(=O)c1cc(-c2ccc(C)c(C)c2)nc2ccccc12. The number of nitrogens with zero attached hydrogens (tertiary/aromatic N) is 2. The summed E-state index contributed by atoms with van der Waals surface area (Å²) in [6.45, 7) is 11.9. The normalized spacial score (nSPS) is 11.2. The van der Waals surface area contributed by atoms with Crippen molar-refractivity contribution in [2.75, 3.05) is 26.2 Å². The van der Waals surface area contributed by atoms with E-state index in [9.17, 15) is 4.79 Å². The quantitative estimate of drug-likeness (QED) is 0.657. The van der Waals surface area contributed by atoms with Crippen molar-refractivity contribution < 1.29 is 4.79 Å². The number of benzene rings is 2. The van der Waals surface area contributed by atoms with Gasteiger partial charge >= 0.3 is 0 Å². The number of aromatic nitrogens is 1. The number of nitrogens with one attached hydrogen (secondary N) is 1. The molecule has 3 rings (SSSR count). The molecular weight excluding hydrogens is 346 g/mol. The second-order valence-electron chi connectivity index (χ2n) is 7.15. The van der Waals surface area contributed by atoms with Crippen LogP contribution in [0.15, 0.2) is 48.5 Å². The van der Waals surface area contributed by atoms with Crippen LogP contribution in [0.3, 0.4) is 0 Å². The third-order valence-corrected chi connectivity index (χ3v) is 5.37. The summed E-state index contributed by atoms with van der Waals surface area (Å²) in [5, 5.41) is 3.97. The zero-order chi connectivity index (χ0) is 20.1. The van der Waals surface area contributed by atoms with Crippen molar-refractivity contribution in [3.8, 4) is 11.3 Å². The summed E-state index contributed by atoms with van der Waals surface area (Å²) in [6.07, 6.45) is 0. The number of likely N-dealkylation sites (N-methyl/N-ethyl adjacent to an activating group) is 1. The van der Waals surface area contributed by atoms with Crippen molar-refractivity contribution in [1.29, 1.82) is 0 Å². The largest absolute Gasteiger partial charge is 0.351 e. The van der Waals surface area contributed by atoms with Crippen LogP contribution < -0.4 is 5.32 Å². The summed E-state index contributed by atoms with van der Waals surface area (Å²) in [7, 11) is 0. The Kier molecular flexibility index (Phi) is 6.42. The van der Waals surface area contributed by atoms with Crippen molar-refractivity contribution in [2.24, 2.45) is 0 Å². The molecule has 0 atom stereocenters. The van der Waals surface area contributed by atoms with Crippen LogP contribution in [0.25, 0.3) is 22.2 Å². The number of pyridine rings is 1. The van der Waals surface area contributed by atoms with E-state index in [4.69, 9.17) is 4.98 Å². The van der Waals surface area contributed by atoms with Gasteiger partial charge in [-0.15, -0.1) is 0 Å². The van der Waals surface area contributed by atoms with E-state index in [1.807, 2.05) is 30.3 Å². The van der Waals surface area contributed by atoms with Gasteiger partial charge in [0.25, 0.3) is 5.91 Å². The second-order valence-corrected chi connectivity index (χ2v) is 7.15. The Bertz CT molecular complexity index is 977. The number of carbonyl (C=O) groups excluding carboxylic acids is 1. The zero-order valence-corrected chi connectivity index (χ0v) is 17.2. The molecular formula is C24H29N3O. The lowest BCUT2D eigenvalue weighted by Gasteiger charge is -2.18. The summed E-state index contributed by atoms with van der Waals surface area (Å²) >= 11 is 0. The predicted molar refractivity (Wildman–Crippen MR) is 117 cm³/mol. The summed E-state index contributed by atoms with van der Waals surface area (Å²) in [5.74, 6) is -0.0455. The highest BCUT2D eigenvalue weighted by Crippen LogP contribution is 2.26. The first-order valence-corrected chi connectivity index (χ1v) is 10.0. The maximum Gasteiger partial charge on any atom is 0.252 e. The first kappa shape index (κ1) is 20.0. The molecule has 0 aliphatic carbocycles. The van der Waals surface area contributed by atoms with Crippen LogP contribution in [-0.4, -0.2) is 42.0 Å². The number of hydrogen-bond donors (Lipinski definition) is 1. The van der Waals surface area contributed by atoms with E-state index < -0.39 is 0 Å². The molecule has 0 fully saturated rings. The molecule has 0 bridgehead atoms. The molecule has 146 valence electrons. The van der Waals surface area contributed by atoms with Gasteiger partial charge in [0.15, 0.2) is 0 Å². The minimum Gasteiger partial charge on any atom is -0.351 e. The first-order chi connectivity index (χ1) is 13.5. The molecule has 3 aromatic rings. The van der Waals surface area contributed by atoms with Gasteiger partial charge in [0, 0.05) is 24.0 Å². The van der Waals surface area contributed by atoms with Crippen LogP contribution >= 0.6 is 0 Å². The Morgan fingerprint density at radius 1 is 1.00 bits per heavy atom. The molecule has 0 radical (unpaired) electrons. The van der Waals surface area contributed by atoms with Gasteiger partial charge in [-0.25, -0.2) is 4.98 Å². The number of aryl methyl sites for hydroxylation is 2. The molecule has 0 saturated heterocycles. The van der Waals surface area contributed by atoms with Crippen LogP contribution in [0.5, 0.6) is 0 Å². The Balaban J connectivity index is 1.94. The van der Waals surface area contributed by atoms with Crippen LogP contribution in [0.4, 0.5) is 0 Å². The fourth-order valence-corrected chi connectivity index (χ4v) is 3.37. The summed E-state index contributed by atoms with van der Waals surface area (Å²) in [4.78, 5) is 20.1. The second kappa shape index (κ2) is 8.98. The number of rotatable bonds is 7. The maximum atomic E-state index is 13.0. The number of para-hydroxylation sites is 1. The molecule has 0 saturated carbocycles. The molecule has 2 aromatic carbocycles. The third kappa shape index (κ3) is 4.39. The average molecular weight is 376 g/mol. The van der Waals surface area contributed by atoms with Gasteiger partial charge in [-0.3, -0.25) is 4.79 Å². The third-order valence-electron chi connectivity index (χ3n) is 5.37. The molecule has 0 unspecified atom stereocenters. The number of fused-ring (bicyclic) bond motifs is 1. The predicted octanol–water partition coefficient (Wildman–Crippen LogP) is 4.59. The highest BCUT2D eigenvalue weighted by molar-refractivity contribution is 6.07. The summed E-state index contributed by atoms with van der Waals surface area (Å²) in [5.41, 5.74) is 5.85. The fourth-order valence-electron chi connectivity index (χ4n) is 3.37. The lowest BCUT2D eigenvalue weighted by atomic mass is 10.0. The van der Waals surface area contributed by atoms with Crippen molar-refractivity contribution in [3.05, 3.63) is 65.2 Å². The summed E-state index contributed by atoms with van der Waals surface area (Å²) < 4.78 is 0. The molecule has 1 aromatic heterocycles. The zero-order valence-electron chi connectivity index (χ0n) is 17.2. The topological polar surface area (TPSA) is 45.2 Å². The smallest absolute Gasteiger partial charge is 0.252 e. The Morgan fingerprint density at radius 3 is 2.46 bits per heavy atom. The van der Waals surface area contributed by atoms with E-state index in [1.165, 1.54) is 11.1 Å². The lowest BCUT2D eigenvalue weighted by Crippen LogP contribution is -2.34. The van der Waals surface area contributed by atoms with E-state index in [-0.39, 0.29) is 5.91 Å². The Morgan fingerprint density at radius 2 is 1.75 bits per heavy atom. The Labute approximate surface area is 167 Å². The molecule has 4 nitrogen and oxygen atoms in total. The monoisotopic (exact) mass is 375 g/mol. The van der Waals surface area contributed by atoms with Gasteiger partial charge in [0.05, 0.1) is 16.8 Å². The van der Waals surface area contributed by atoms with Gasteiger partial charge < -0.3 is 10.2 Å². The van der Waals surface area contributed by atoms with E-state index in [1.54, 1.807) is 0 Å². The number of amides is 1. The van der Waals surface area contributed by atoms with Crippen LogP contribution in [0.2, 0.25) is 0 Å². The van der Waals surface area contributed by atoms with Crippen molar-refractivity contribution >= 4 is 16.8 Å². The van der Waals surface area contributed by atoms with Gasteiger partial charge in [-0.1, -0.05) is 44.2 Å². The number of hydrogen-bond acceptors (Lipinski definition) is 3. The maximum absolute atomic E-state index is 13.0. The van der Waals surface area contributed by atoms with Crippen molar-refractivity contribution in [3.63, 3.8) is 0 Å². The molecule has 0 spiro atoms. The van der Waals surface area contributed by atoms with Crippen LogP contribution in [0, 0.1) is 13.8 Å². The molecule has 0 aliphatic heterocycles. The van der Waals surface area contributed by atoms with Crippen LogP contribution in [-0.2, 0) is 0 Å². The highest BCUT2D eigenvalue weighted by Gasteiger charge is 2.14. The van der Waals surface area contributed by atoms with Crippen molar-refractivity contribution in [1.82, 2.24) is 15.2 Å². The standard InChI is InChI=1S/C24H29N3O/c1-5-27(6-2)14-13-25-24(28)21-16-23(19-12-11-17(3)18(4)15-19)26-22-10-8-7-9-20(21)22/h7-12,15-16H,5-6,13-14H2,1-4H3,(H,25,28). The minimum atomic E-state index is -0.0455. The van der Waals surface area contributed by atoms with E-state index in [0.29, 0.717) is 12.1 Å². The minimum absolute atomic E-state index is 0.0455. The van der Waals surface area contributed by atoms with Crippen LogP contribution in [0.1, 0.15) is 35.3 Å². The Hall–Kier alpha value is -2.72. The average Bonchev–Trinajstić information content (AvgIpc) is 2.72.